The Hall–Kier alpha value is -1.42. The van der Waals surface area contributed by atoms with Gasteiger partial charge in [-0.05, 0) is 18.6 Å². The van der Waals surface area contributed by atoms with E-state index in [1.54, 1.807) is 7.11 Å². The molecular formula is C13H22N2O2. The van der Waals surface area contributed by atoms with Crippen molar-refractivity contribution in [2.75, 3.05) is 37.9 Å². The minimum Gasteiger partial charge on any atom is -0.495 e. The molecule has 0 atom stereocenters. The molecule has 0 radical (unpaired) electrons. The lowest BCUT2D eigenvalue weighted by molar-refractivity contribution is 0.141. The van der Waals surface area contributed by atoms with Gasteiger partial charge in [0.1, 0.15) is 5.75 Å². The maximum atomic E-state index is 5.93. The number of methoxy groups -OCH3 is 1. The van der Waals surface area contributed by atoms with Crippen molar-refractivity contribution in [2.45, 2.75) is 19.8 Å². The smallest absolute Gasteiger partial charge is 0.143 e. The van der Waals surface area contributed by atoms with Crippen LogP contribution in [0.4, 0.5) is 11.4 Å². The van der Waals surface area contributed by atoms with E-state index in [2.05, 4.69) is 12.2 Å². The molecule has 0 amide bonds. The standard InChI is InChI=1S/C13H22N2O2/c1-3-4-9-17-10-8-15-11-6-5-7-12(16-2)13(11)14/h5-7,15H,3-4,8-10,14H2,1-2H3. The van der Waals surface area contributed by atoms with Crippen molar-refractivity contribution in [3.63, 3.8) is 0 Å². The first-order chi connectivity index (χ1) is 8.29. The number of nitrogens with two attached hydrogens (primary N) is 1. The molecule has 1 aromatic carbocycles. The Morgan fingerprint density at radius 2 is 2.12 bits per heavy atom. The zero-order valence-corrected chi connectivity index (χ0v) is 10.7. The number of ether oxygens (including phenoxy) is 2. The van der Waals surface area contributed by atoms with E-state index in [1.165, 1.54) is 0 Å². The van der Waals surface area contributed by atoms with Gasteiger partial charge in [0.2, 0.25) is 0 Å². The predicted molar refractivity (Wildman–Crippen MR) is 71.6 cm³/mol. The number of hydrogen-bond acceptors (Lipinski definition) is 4. The second-order valence-corrected chi connectivity index (χ2v) is 3.81. The van der Waals surface area contributed by atoms with Crippen molar-refractivity contribution < 1.29 is 9.47 Å². The van der Waals surface area contributed by atoms with Crippen LogP contribution >= 0.6 is 0 Å². The lowest BCUT2D eigenvalue weighted by Crippen LogP contribution is -2.11. The SMILES string of the molecule is CCCCOCCNc1cccc(OC)c1N. The molecule has 96 valence electrons. The van der Waals surface area contributed by atoms with Crippen LogP contribution in [0.15, 0.2) is 18.2 Å². The molecule has 4 heteroatoms. The highest BCUT2D eigenvalue weighted by Crippen LogP contribution is 2.28. The average Bonchev–Trinajstić information content (AvgIpc) is 2.35. The predicted octanol–water partition coefficient (Wildman–Crippen LogP) is 2.51. The third-order valence-corrected chi connectivity index (χ3v) is 2.49. The van der Waals surface area contributed by atoms with E-state index in [4.69, 9.17) is 15.2 Å². The molecule has 0 unspecified atom stereocenters. The minimum atomic E-state index is 0.642. The lowest BCUT2D eigenvalue weighted by Gasteiger charge is -2.12. The van der Waals surface area contributed by atoms with E-state index in [1.807, 2.05) is 18.2 Å². The van der Waals surface area contributed by atoms with Gasteiger partial charge in [0.05, 0.1) is 25.1 Å². The molecule has 0 fully saturated rings. The molecular weight excluding hydrogens is 216 g/mol. The van der Waals surface area contributed by atoms with Gasteiger partial charge in [0, 0.05) is 13.2 Å². The van der Waals surface area contributed by atoms with Crippen molar-refractivity contribution in [1.82, 2.24) is 0 Å². The summed E-state index contributed by atoms with van der Waals surface area (Å²) in [7, 11) is 1.61. The highest BCUT2D eigenvalue weighted by atomic mass is 16.5. The van der Waals surface area contributed by atoms with E-state index in [0.29, 0.717) is 18.0 Å². The molecule has 0 bridgehead atoms. The molecule has 17 heavy (non-hydrogen) atoms. The second-order valence-electron chi connectivity index (χ2n) is 3.81. The number of para-hydroxylation sites is 1. The Morgan fingerprint density at radius 3 is 2.82 bits per heavy atom. The van der Waals surface area contributed by atoms with Crippen molar-refractivity contribution in [2.24, 2.45) is 0 Å². The third kappa shape index (κ3) is 4.53. The fourth-order valence-electron chi connectivity index (χ4n) is 1.48. The van der Waals surface area contributed by atoms with Crippen LogP contribution in [0.1, 0.15) is 19.8 Å². The Kier molecular flexibility index (Phi) is 6.25. The molecule has 4 nitrogen and oxygen atoms in total. The molecule has 0 saturated heterocycles. The summed E-state index contributed by atoms with van der Waals surface area (Å²) in [5.41, 5.74) is 7.46. The first-order valence-corrected chi connectivity index (χ1v) is 6.03. The van der Waals surface area contributed by atoms with Gasteiger partial charge in [-0.3, -0.25) is 0 Å². The molecule has 0 saturated carbocycles. The summed E-state index contributed by atoms with van der Waals surface area (Å²) < 4.78 is 10.6. The Morgan fingerprint density at radius 1 is 1.29 bits per heavy atom. The first-order valence-electron chi connectivity index (χ1n) is 6.03. The van der Waals surface area contributed by atoms with Crippen LogP contribution in [0.2, 0.25) is 0 Å². The zero-order valence-electron chi connectivity index (χ0n) is 10.7. The van der Waals surface area contributed by atoms with Crippen LogP contribution in [-0.2, 0) is 4.74 Å². The molecule has 0 heterocycles. The van der Waals surface area contributed by atoms with Gasteiger partial charge in [0.15, 0.2) is 0 Å². The average molecular weight is 238 g/mol. The summed E-state index contributed by atoms with van der Waals surface area (Å²) >= 11 is 0. The number of rotatable bonds is 8. The van der Waals surface area contributed by atoms with E-state index >= 15 is 0 Å². The molecule has 3 N–H and O–H groups in total. The van der Waals surface area contributed by atoms with Crippen LogP contribution in [-0.4, -0.2) is 26.9 Å². The quantitative estimate of drug-likeness (QED) is 0.539. The summed E-state index contributed by atoms with van der Waals surface area (Å²) in [5, 5.41) is 3.23. The van der Waals surface area contributed by atoms with E-state index in [-0.39, 0.29) is 0 Å². The maximum absolute atomic E-state index is 5.93. The summed E-state index contributed by atoms with van der Waals surface area (Å²) in [4.78, 5) is 0. The van der Waals surface area contributed by atoms with Crippen LogP contribution in [0.3, 0.4) is 0 Å². The monoisotopic (exact) mass is 238 g/mol. The zero-order chi connectivity index (χ0) is 12.5. The molecule has 0 spiro atoms. The fourth-order valence-corrected chi connectivity index (χ4v) is 1.48. The second kappa shape index (κ2) is 7.79. The summed E-state index contributed by atoms with van der Waals surface area (Å²) in [5.74, 6) is 0.696. The molecule has 1 aromatic rings. The van der Waals surface area contributed by atoms with Gasteiger partial charge in [-0.25, -0.2) is 0 Å². The van der Waals surface area contributed by atoms with Crippen LogP contribution in [0, 0.1) is 0 Å². The molecule has 1 rings (SSSR count). The Bertz CT molecular complexity index is 329. The van der Waals surface area contributed by atoms with Gasteiger partial charge in [-0.15, -0.1) is 0 Å². The Balaban J connectivity index is 2.31. The normalized spacial score (nSPS) is 10.2. The summed E-state index contributed by atoms with van der Waals surface area (Å²) in [6.45, 7) is 4.42. The van der Waals surface area contributed by atoms with Crippen LogP contribution in [0.25, 0.3) is 0 Å². The first kappa shape index (κ1) is 13.6. The number of nitrogen functional groups attached to an aromatic ring is 1. The minimum absolute atomic E-state index is 0.642. The summed E-state index contributed by atoms with van der Waals surface area (Å²) in [6, 6.07) is 5.69. The van der Waals surface area contributed by atoms with E-state index < -0.39 is 0 Å². The molecule has 0 aliphatic carbocycles. The van der Waals surface area contributed by atoms with Crippen molar-refractivity contribution >= 4 is 11.4 Å². The number of benzene rings is 1. The van der Waals surface area contributed by atoms with Crippen molar-refractivity contribution in [1.29, 1.82) is 0 Å². The van der Waals surface area contributed by atoms with Gasteiger partial charge >= 0.3 is 0 Å². The number of anilines is 2. The molecule has 0 aliphatic heterocycles. The highest BCUT2D eigenvalue weighted by molar-refractivity contribution is 5.72. The van der Waals surface area contributed by atoms with Gasteiger partial charge < -0.3 is 20.5 Å². The lowest BCUT2D eigenvalue weighted by atomic mass is 10.2. The largest absolute Gasteiger partial charge is 0.495 e. The van der Waals surface area contributed by atoms with Gasteiger partial charge in [0.25, 0.3) is 0 Å². The van der Waals surface area contributed by atoms with E-state index in [0.717, 1.165) is 31.7 Å². The van der Waals surface area contributed by atoms with Crippen LogP contribution in [0.5, 0.6) is 5.75 Å². The van der Waals surface area contributed by atoms with Crippen molar-refractivity contribution in [3.05, 3.63) is 18.2 Å². The number of hydrogen-bond donors (Lipinski definition) is 2. The van der Waals surface area contributed by atoms with Gasteiger partial charge in [-0.1, -0.05) is 19.4 Å². The van der Waals surface area contributed by atoms with Gasteiger partial charge in [-0.2, -0.15) is 0 Å². The van der Waals surface area contributed by atoms with Crippen molar-refractivity contribution in [3.8, 4) is 5.75 Å². The molecule has 0 aromatic heterocycles. The van der Waals surface area contributed by atoms with E-state index in [9.17, 15) is 0 Å². The molecule has 0 aliphatic rings. The fraction of sp³-hybridized carbons (Fsp3) is 0.538. The summed E-state index contributed by atoms with van der Waals surface area (Å²) in [6.07, 6.45) is 2.28. The maximum Gasteiger partial charge on any atom is 0.143 e. The number of unbranched alkanes of at least 4 members (excludes halogenated alkanes) is 1. The topological polar surface area (TPSA) is 56.5 Å². The number of nitrogens with one attached hydrogen (secondary N) is 1. The highest BCUT2D eigenvalue weighted by Gasteiger charge is 2.03. The Labute approximate surface area is 103 Å². The third-order valence-electron chi connectivity index (χ3n) is 2.49. The van der Waals surface area contributed by atoms with Crippen LogP contribution < -0.4 is 15.8 Å².